The highest BCUT2D eigenvalue weighted by Crippen LogP contribution is 2.13. The average molecular weight is 663 g/mol. The van der Waals surface area contributed by atoms with Crippen LogP contribution < -0.4 is 0 Å². The second kappa shape index (κ2) is 47.4. The van der Waals surface area contributed by atoms with Crippen molar-refractivity contribution in [2.75, 3.05) is 13.2 Å². The largest absolute Gasteiger partial charge is 0.481 e. The van der Waals surface area contributed by atoms with Gasteiger partial charge in [-0.2, -0.15) is 0 Å². The van der Waals surface area contributed by atoms with E-state index in [0.717, 1.165) is 32.6 Å². The van der Waals surface area contributed by atoms with Crippen molar-refractivity contribution >= 4 is 17.9 Å². The zero-order valence-corrected chi connectivity index (χ0v) is 29.9. The molecule has 6 N–H and O–H groups in total. The van der Waals surface area contributed by atoms with Crippen molar-refractivity contribution in [1.82, 2.24) is 0 Å². The number of aliphatic hydroxyl groups excluding tert-OH is 3. The fraction of sp³-hybridized carbons (Fsp3) is 0.865. The number of carboxylic acids is 3. The van der Waals surface area contributed by atoms with Gasteiger partial charge in [-0.15, -0.1) is 0 Å². The lowest BCUT2D eigenvalue weighted by Crippen LogP contribution is -2.15. The van der Waals surface area contributed by atoms with Crippen molar-refractivity contribution in [2.24, 2.45) is 0 Å². The summed E-state index contributed by atoms with van der Waals surface area (Å²) in [4.78, 5) is 29.5. The molecule has 0 aliphatic carbocycles. The zero-order valence-electron chi connectivity index (χ0n) is 29.9. The average Bonchev–Trinajstić information content (AvgIpc) is 3.01. The molecule has 0 aromatic heterocycles. The van der Waals surface area contributed by atoms with Crippen LogP contribution in [0, 0.1) is 0 Å². The second-order valence-electron chi connectivity index (χ2n) is 12.0. The number of hydrogen-bond donors (Lipinski definition) is 6. The molecule has 46 heavy (non-hydrogen) atoms. The van der Waals surface area contributed by atoms with E-state index in [1.165, 1.54) is 141 Å². The third kappa shape index (κ3) is 69.0. The summed E-state index contributed by atoms with van der Waals surface area (Å²) in [5.41, 5.74) is 0. The summed E-state index contributed by atoms with van der Waals surface area (Å²) in [6, 6.07) is 0. The Morgan fingerprint density at radius 3 is 1.04 bits per heavy atom. The molecule has 0 aliphatic heterocycles. The summed E-state index contributed by atoms with van der Waals surface area (Å²) in [5, 5.41) is 48.3. The van der Waals surface area contributed by atoms with Crippen molar-refractivity contribution in [1.29, 1.82) is 0 Å². The third-order valence-electron chi connectivity index (χ3n) is 7.15. The molecule has 0 saturated carbocycles. The van der Waals surface area contributed by atoms with Crippen LogP contribution >= 0.6 is 0 Å². The number of unbranched alkanes of at least 4 members (excludes halogenated alkanes) is 23. The van der Waals surface area contributed by atoms with Crippen LogP contribution in [0.15, 0.2) is 12.2 Å². The van der Waals surface area contributed by atoms with Crippen molar-refractivity contribution in [3.05, 3.63) is 12.2 Å². The number of allylic oxidation sites excluding steroid dienone is 1. The zero-order chi connectivity index (χ0) is 35.5. The maximum Gasteiger partial charge on any atom is 0.327 e. The lowest BCUT2D eigenvalue weighted by molar-refractivity contribution is -0.137. The highest BCUT2D eigenvalue weighted by atomic mass is 16.4. The molecule has 0 radical (unpaired) electrons. The normalized spacial score (nSPS) is 10.4. The maximum atomic E-state index is 10.3. The van der Waals surface area contributed by atoms with Gasteiger partial charge in [-0.3, -0.25) is 9.59 Å². The Morgan fingerprint density at radius 2 is 0.804 bits per heavy atom. The summed E-state index contributed by atoms with van der Waals surface area (Å²) in [7, 11) is 0. The maximum absolute atomic E-state index is 10.3. The molecule has 0 aromatic rings. The number of aliphatic hydroxyl groups is 3. The third-order valence-corrected chi connectivity index (χ3v) is 7.15. The van der Waals surface area contributed by atoms with E-state index in [-0.39, 0.29) is 13.2 Å². The number of carboxylic acid groups (broad SMARTS) is 3. The monoisotopic (exact) mass is 663 g/mol. The van der Waals surface area contributed by atoms with Gasteiger partial charge in [-0.25, -0.2) is 4.79 Å². The van der Waals surface area contributed by atoms with E-state index in [2.05, 4.69) is 13.8 Å². The van der Waals surface area contributed by atoms with Crippen LogP contribution in [0.2, 0.25) is 0 Å². The number of rotatable bonds is 29. The number of hydrogen-bond acceptors (Lipinski definition) is 6. The summed E-state index contributed by atoms with van der Waals surface area (Å²) in [5.74, 6) is -2.32. The van der Waals surface area contributed by atoms with E-state index >= 15 is 0 Å². The van der Waals surface area contributed by atoms with Crippen LogP contribution in [-0.4, -0.2) is 67.9 Å². The Morgan fingerprint density at radius 1 is 0.522 bits per heavy atom. The molecule has 0 unspecified atom stereocenters. The Labute approximate surface area is 281 Å². The number of carbonyl (C=O) groups is 3. The molecule has 9 nitrogen and oxygen atoms in total. The molecule has 0 bridgehead atoms. The SMILES string of the molecule is CC(=O)O.CCCCCCCCCCCCCC=CC(=O)O.CCCCCCCCCCCCCCCC(=O)O.OCC(O)CO. The second-order valence-corrected chi connectivity index (χ2v) is 12.0. The van der Waals surface area contributed by atoms with Crippen LogP contribution in [0.25, 0.3) is 0 Å². The predicted octanol–water partition coefficient (Wildman–Crippen LogP) is 9.30. The van der Waals surface area contributed by atoms with Crippen molar-refractivity contribution in [3.8, 4) is 0 Å². The van der Waals surface area contributed by atoms with Gasteiger partial charge < -0.3 is 30.6 Å². The first-order valence-electron chi connectivity index (χ1n) is 18.3. The van der Waals surface area contributed by atoms with Crippen LogP contribution in [0.1, 0.15) is 188 Å². The standard InChI is InChI=1S/C16H32O2.C16H30O2.C3H8O3.C2H4O2/c2*1-2-3-4-5-6-7-8-9-10-11-12-13-14-15-16(17)18;4-1-3(6)2-5;1-2(3)4/h2-15H2,1H3,(H,17,18);14-15H,2-13H2,1H3,(H,17,18);3-6H,1-2H2;1H3,(H,3,4). The molecule has 0 aromatic carbocycles. The molecule has 0 saturated heterocycles. The molecule has 276 valence electrons. The number of aliphatic carboxylic acids is 3. The molecular weight excluding hydrogens is 588 g/mol. The van der Waals surface area contributed by atoms with Gasteiger partial charge in [0.1, 0.15) is 6.10 Å². The van der Waals surface area contributed by atoms with Crippen molar-refractivity contribution < 1.29 is 45.0 Å². The van der Waals surface area contributed by atoms with Gasteiger partial charge in [0.15, 0.2) is 0 Å². The molecule has 0 spiro atoms. The minimum atomic E-state index is -0.954. The summed E-state index contributed by atoms with van der Waals surface area (Å²) >= 11 is 0. The molecule has 0 atom stereocenters. The Kier molecular flexibility index (Phi) is 52.5. The van der Waals surface area contributed by atoms with Gasteiger partial charge in [0, 0.05) is 19.4 Å². The minimum absolute atomic E-state index is 0.345. The molecule has 0 rings (SSSR count). The van der Waals surface area contributed by atoms with Crippen LogP contribution in [0.5, 0.6) is 0 Å². The van der Waals surface area contributed by atoms with Gasteiger partial charge in [-0.1, -0.05) is 161 Å². The molecule has 0 amide bonds. The van der Waals surface area contributed by atoms with E-state index in [9.17, 15) is 9.59 Å². The Bertz CT molecular complexity index is 630. The van der Waals surface area contributed by atoms with E-state index < -0.39 is 24.0 Å². The van der Waals surface area contributed by atoms with Crippen LogP contribution in [0.4, 0.5) is 0 Å². The highest BCUT2D eigenvalue weighted by molar-refractivity contribution is 5.79. The van der Waals surface area contributed by atoms with E-state index in [0.29, 0.717) is 6.42 Å². The highest BCUT2D eigenvalue weighted by Gasteiger charge is 1.97. The summed E-state index contributed by atoms with van der Waals surface area (Å²) in [6.07, 6.45) is 34.9. The summed E-state index contributed by atoms with van der Waals surface area (Å²) in [6.45, 7) is 4.87. The molecule has 0 fully saturated rings. The van der Waals surface area contributed by atoms with E-state index in [4.69, 9.17) is 35.4 Å². The molecule has 0 heterocycles. The van der Waals surface area contributed by atoms with Gasteiger partial charge in [0.05, 0.1) is 13.2 Å². The molecular formula is C37H74O9. The minimum Gasteiger partial charge on any atom is -0.481 e. The fourth-order valence-corrected chi connectivity index (χ4v) is 4.46. The van der Waals surface area contributed by atoms with Gasteiger partial charge in [0.25, 0.3) is 5.97 Å². The van der Waals surface area contributed by atoms with Crippen molar-refractivity contribution in [2.45, 2.75) is 194 Å². The van der Waals surface area contributed by atoms with Gasteiger partial charge in [-0.05, 0) is 19.3 Å². The summed E-state index contributed by atoms with van der Waals surface area (Å²) < 4.78 is 0. The first-order valence-corrected chi connectivity index (χ1v) is 18.3. The van der Waals surface area contributed by atoms with Crippen LogP contribution in [0.3, 0.4) is 0 Å². The first-order chi connectivity index (χ1) is 22.1. The smallest absolute Gasteiger partial charge is 0.327 e. The van der Waals surface area contributed by atoms with Gasteiger partial charge in [0.2, 0.25) is 0 Å². The molecule has 0 aliphatic rings. The fourth-order valence-electron chi connectivity index (χ4n) is 4.46. The van der Waals surface area contributed by atoms with E-state index in [1.54, 1.807) is 6.08 Å². The molecule has 9 heteroatoms. The van der Waals surface area contributed by atoms with Crippen molar-refractivity contribution in [3.63, 3.8) is 0 Å². The van der Waals surface area contributed by atoms with Crippen LogP contribution in [-0.2, 0) is 14.4 Å². The quantitative estimate of drug-likeness (QED) is 0.0337. The first kappa shape index (κ1) is 50.9. The lowest BCUT2D eigenvalue weighted by Gasteiger charge is -2.02. The lowest BCUT2D eigenvalue weighted by atomic mass is 10.0. The van der Waals surface area contributed by atoms with Gasteiger partial charge >= 0.3 is 11.9 Å². The predicted molar refractivity (Wildman–Crippen MR) is 189 cm³/mol. The topological polar surface area (TPSA) is 173 Å². The van der Waals surface area contributed by atoms with E-state index in [1.807, 2.05) is 0 Å². The Hall–Kier alpha value is -1.97. The Balaban J connectivity index is -0.000000296.